The molecule has 0 saturated carbocycles. The standard InChI is InChI=1S/C19H19N3O2S/c23-25(24,19-10-9-15-5-4-6-16(15)13-19)20-14-17-11-12-22(21-17)18-7-2-1-3-8-18/h1-3,7-13,20H,4-6,14H2. The van der Waals surface area contributed by atoms with E-state index in [1.807, 2.05) is 48.7 Å². The molecule has 2 aromatic carbocycles. The molecule has 1 aliphatic rings. The van der Waals surface area contributed by atoms with Gasteiger partial charge in [0.25, 0.3) is 0 Å². The molecule has 0 amide bonds. The van der Waals surface area contributed by atoms with Crippen molar-refractivity contribution in [2.24, 2.45) is 0 Å². The Morgan fingerprint density at radius 1 is 1.00 bits per heavy atom. The molecule has 1 heterocycles. The van der Waals surface area contributed by atoms with Gasteiger partial charge in [0.2, 0.25) is 10.0 Å². The Hall–Kier alpha value is -2.44. The molecule has 0 fully saturated rings. The zero-order chi connectivity index (χ0) is 17.3. The predicted octanol–water partition coefficient (Wildman–Crippen LogP) is 2.84. The number of sulfonamides is 1. The van der Waals surface area contributed by atoms with Gasteiger partial charge in [0.15, 0.2) is 0 Å². The molecular formula is C19H19N3O2S. The molecule has 0 saturated heterocycles. The lowest BCUT2D eigenvalue weighted by molar-refractivity contribution is 0.580. The molecule has 6 heteroatoms. The van der Waals surface area contributed by atoms with Gasteiger partial charge in [-0.05, 0) is 60.7 Å². The maximum atomic E-state index is 12.5. The molecule has 0 spiro atoms. The summed E-state index contributed by atoms with van der Waals surface area (Å²) in [5.41, 5.74) is 4.03. The minimum Gasteiger partial charge on any atom is -0.241 e. The minimum absolute atomic E-state index is 0.166. The summed E-state index contributed by atoms with van der Waals surface area (Å²) in [6.07, 6.45) is 4.93. The van der Waals surface area contributed by atoms with Crippen LogP contribution in [0.2, 0.25) is 0 Å². The lowest BCUT2D eigenvalue weighted by Crippen LogP contribution is -2.23. The summed E-state index contributed by atoms with van der Waals surface area (Å²) in [6, 6.07) is 17.0. The van der Waals surface area contributed by atoms with E-state index < -0.39 is 10.0 Å². The first-order valence-electron chi connectivity index (χ1n) is 8.33. The molecule has 25 heavy (non-hydrogen) atoms. The van der Waals surface area contributed by atoms with Crippen molar-refractivity contribution >= 4 is 10.0 Å². The van der Waals surface area contributed by atoms with Gasteiger partial charge in [0.1, 0.15) is 0 Å². The van der Waals surface area contributed by atoms with Crippen molar-refractivity contribution < 1.29 is 8.42 Å². The first-order valence-corrected chi connectivity index (χ1v) is 9.82. The molecule has 0 bridgehead atoms. The molecular weight excluding hydrogens is 334 g/mol. The Bertz CT molecular complexity index is 995. The Labute approximate surface area is 147 Å². The summed E-state index contributed by atoms with van der Waals surface area (Å²) in [5.74, 6) is 0. The van der Waals surface area contributed by atoms with E-state index >= 15 is 0 Å². The van der Waals surface area contributed by atoms with E-state index in [0.717, 1.165) is 30.5 Å². The van der Waals surface area contributed by atoms with Crippen LogP contribution >= 0.6 is 0 Å². The molecule has 1 aromatic heterocycles. The number of fused-ring (bicyclic) bond motifs is 1. The summed E-state index contributed by atoms with van der Waals surface area (Å²) in [6.45, 7) is 0.166. The van der Waals surface area contributed by atoms with Crippen LogP contribution in [0.3, 0.4) is 0 Å². The van der Waals surface area contributed by atoms with E-state index in [1.54, 1.807) is 16.8 Å². The summed E-state index contributed by atoms with van der Waals surface area (Å²) >= 11 is 0. The maximum absolute atomic E-state index is 12.5. The monoisotopic (exact) mass is 353 g/mol. The first-order chi connectivity index (χ1) is 12.1. The van der Waals surface area contributed by atoms with Gasteiger partial charge in [-0.15, -0.1) is 0 Å². The third kappa shape index (κ3) is 3.36. The zero-order valence-corrected chi connectivity index (χ0v) is 14.5. The van der Waals surface area contributed by atoms with Gasteiger partial charge in [-0.1, -0.05) is 24.3 Å². The van der Waals surface area contributed by atoms with Gasteiger partial charge in [-0.3, -0.25) is 0 Å². The lowest BCUT2D eigenvalue weighted by atomic mass is 10.1. The van der Waals surface area contributed by atoms with E-state index in [0.29, 0.717) is 10.6 Å². The van der Waals surface area contributed by atoms with Crippen molar-refractivity contribution in [3.05, 3.63) is 77.6 Å². The smallest absolute Gasteiger partial charge is 0.240 e. The molecule has 0 unspecified atom stereocenters. The number of hydrogen-bond acceptors (Lipinski definition) is 3. The Morgan fingerprint density at radius 3 is 2.64 bits per heavy atom. The van der Waals surface area contributed by atoms with Crippen LogP contribution in [-0.4, -0.2) is 18.2 Å². The summed E-state index contributed by atoms with van der Waals surface area (Å²) in [7, 11) is -3.53. The highest BCUT2D eigenvalue weighted by Crippen LogP contribution is 2.24. The van der Waals surface area contributed by atoms with Crippen LogP contribution in [0.25, 0.3) is 5.69 Å². The number of hydrogen-bond donors (Lipinski definition) is 1. The fourth-order valence-corrected chi connectivity index (χ4v) is 4.20. The van der Waals surface area contributed by atoms with E-state index in [9.17, 15) is 8.42 Å². The van der Waals surface area contributed by atoms with Gasteiger partial charge < -0.3 is 0 Å². The second-order valence-corrected chi connectivity index (χ2v) is 7.96. The normalized spacial score (nSPS) is 13.8. The topological polar surface area (TPSA) is 64.0 Å². The van der Waals surface area contributed by atoms with Crippen LogP contribution in [0.4, 0.5) is 0 Å². The molecule has 0 radical (unpaired) electrons. The van der Waals surface area contributed by atoms with Crippen molar-refractivity contribution in [3.63, 3.8) is 0 Å². The Kier molecular flexibility index (Phi) is 4.15. The zero-order valence-electron chi connectivity index (χ0n) is 13.7. The van der Waals surface area contributed by atoms with E-state index in [-0.39, 0.29) is 6.54 Å². The van der Waals surface area contributed by atoms with Gasteiger partial charge in [-0.25, -0.2) is 17.8 Å². The lowest BCUT2D eigenvalue weighted by Gasteiger charge is -2.07. The van der Waals surface area contributed by atoms with Crippen molar-refractivity contribution in [1.82, 2.24) is 14.5 Å². The molecule has 4 rings (SSSR count). The number of aryl methyl sites for hydroxylation is 2. The summed E-state index contributed by atoms with van der Waals surface area (Å²) in [4.78, 5) is 0.329. The van der Waals surface area contributed by atoms with Crippen LogP contribution in [0, 0.1) is 0 Å². The molecule has 1 aliphatic carbocycles. The van der Waals surface area contributed by atoms with Crippen molar-refractivity contribution in [3.8, 4) is 5.69 Å². The molecule has 3 aromatic rings. The fourth-order valence-electron chi connectivity index (χ4n) is 3.15. The van der Waals surface area contributed by atoms with Crippen LogP contribution in [0.5, 0.6) is 0 Å². The quantitative estimate of drug-likeness (QED) is 0.767. The van der Waals surface area contributed by atoms with Gasteiger partial charge in [0.05, 0.1) is 22.8 Å². The number of rotatable bonds is 5. The number of nitrogens with zero attached hydrogens (tertiary/aromatic N) is 2. The third-order valence-electron chi connectivity index (χ3n) is 4.49. The highest BCUT2D eigenvalue weighted by molar-refractivity contribution is 7.89. The maximum Gasteiger partial charge on any atom is 0.240 e. The molecule has 0 atom stereocenters. The van der Waals surface area contributed by atoms with E-state index in [4.69, 9.17) is 0 Å². The highest BCUT2D eigenvalue weighted by atomic mass is 32.2. The van der Waals surface area contributed by atoms with Crippen molar-refractivity contribution in [2.45, 2.75) is 30.7 Å². The van der Waals surface area contributed by atoms with Gasteiger partial charge in [0, 0.05) is 6.20 Å². The predicted molar refractivity (Wildman–Crippen MR) is 96.1 cm³/mol. The van der Waals surface area contributed by atoms with E-state index in [1.165, 1.54) is 5.56 Å². The minimum atomic E-state index is -3.53. The molecule has 1 N–H and O–H groups in total. The average molecular weight is 353 g/mol. The fraction of sp³-hybridized carbons (Fsp3) is 0.211. The molecule has 128 valence electrons. The highest BCUT2D eigenvalue weighted by Gasteiger charge is 2.18. The Balaban J connectivity index is 1.48. The number of para-hydroxylation sites is 1. The average Bonchev–Trinajstić information content (AvgIpc) is 3.29. The van der Waals surface area contributed by atoms with Gasteiger partial charge >= 0.3 is 0 Å². The van der Waals surface area contributed by atoms with Crippen LogP contribution < -0.4 is 4.72 Å². The SMILES string of the molecule is O=S(=O)(NCc1ccn(-c2ccccc2)n1)c1ccc2c(c1)CCC2. The number of benzene rings is 2. The van der Waals surface area contributed by atoms with E-state index in [2.05, 4.69) is 9.82 Å². The number of aromatic nitrogens is 2. The Morgan fingerprint density at radius 2 is 1.80 bits per heavy atom. The largest absolute Gasteiger partial charge is 0.241 e. The van der Waals surface area contributed by atoms with Crippen LogP contribution in [-0.2, 0) is 29.4 Å². The van der Waals surface area contributed by atoms with Crippen LogP contribution in [0.15, 0.2) is 65.7 Å². The summed E-state index contributed by atoms with van der Waals surface area (Å²) < 4.78 is 29.5. The van der Waals surface area contributed by atoms with Gasteiger partial charge in [-0.2, -0.15) is 5.10 Å². The number of nitrogens with one attached hydrogen (secondary N) is 1. The second kappa shape index (κ2) is 6.46. The third-order valence-corrected chi connectivity index (χ3v) is 5.89. The first kappa shape index (κ1) is 16.1. The van der Waals surface area contributed by atoms with Crippen molar-refractivity contribution in [1.29, 1.82) is 0 Å². The summed E-state index contributed by atoms with van der Waals surface area (Å²) in [5, 5.41) is 4.42. The van der Waals surface area contributed by atoms with Crippen LogP contribution in [0.1, 0.15) is 23.2 Å². The van der Waals surface area contributed by atoms with Crippen molar-refractivity contribution in [2.75, 3.05) is 0 Å². The molecule has 5 nitrogen and oxygen atoms in total. The molecule has 0 aliphatic heterocycles. The second-order valence-electron chi connectivity index (χ2n) is 6.20.